The Balaban J connectivity index is 2.87. The zero-order valence-electron chi connectivity index (χ0n) is 10.0. The van der Waals surface area contributed by atoms with E-state index in [0.29, 0.717) is 5.92 Å². The quantitative estimate of drug-likeness (QED) is 0.739. The van der Waals surface area contributed by atoms with Crippen LogP contribution in [0.25, 0.3) is 0 Å². The minimum atomic E-state index is 0.687. The molecule has 0 N–H and O–H groups in total. The van der Waals surface area contributed by atoms with E-state index < -0.39 is 0 Å². The summed E-state index contributed by atoms with van der Waals surface area (Å²) < 4.78 is 10.5. The predicted octanol–water partition coefficient (Wildman–Crippen LogP) is 3.29. The van der Waals surface area contributed by atoms with Crippen molar-refractivity contribution in [2.45, 2.75) is 26.7 Å². The van der Waals surface area contributed by atoms with Gasteiger partial charge in [-0.25, -0.2) is 0 Å². The largest absolute Gasteiger partial charge is 0.497 e. The van der Waals surface area contributed by atoms with E-state index in [2.05, 4.69) is 19.9 Å². The zero-order valence-corrected chi connectivity index (χ0v) is 10.0. The van der Waals surface area contributed by atoms with Crippen molar-refractivity contribution in [1.29, 1.82) is 0 Å². The van der Waals surface area contributed by atoms with Crippen molar-refractivity contribution in [3.63, 3.8) is 0 Å². The highest BCUT2D eigenvalue weighted by atomic mass is 16.5. The second-order valence-corrected chi connectivity index (χ2v) is 3.90. The van der Waals surface area contributed by atoms with Gasteiger partial charge in [-0.15, -0.1) is 0 Å². The fraction of sp³-hybridized carbons (Fsp3) is 0.538. The van der Waals surface area contributed by atoms with Crippen LogP contribution in [0.3, 0.4) is 0 Å². The van der Waals surface area contributed by atoms with Crippen LogP contribution in [0.5, 0.6) is 11.5 Å². The SMILES string of the molecule is CCC(C)Cc1ccc(OC)cc1OC. The molecule has 1 rings (SSSR count). The molecule has 1 aromatic carbocycles. The molecule has 0 fully saturated rings. The van der Waals surface area contributed by atoms with Crippen LogP contribution in [-0.2, 0) is 6.42 Å². The third kappa shape index (κ3) is 3.15. The van der Waals surface area contributed by atoms with Crippen LogP contribution in [0.15, 0.2) is 18.2 Å². The number of ether oxygens (including phenoxy) is 2. The van der Waals surface area contributed by atoms with Gasteiger partial charge in [-0.3, -0.25) is 0 Å². The molecular weight excluding hydrogens is 188 g/mol. The third-order valence-corrected chi connectivity index (χ3v) is 2.76. The first-order chi connectivity index (χ1) is 7.21. The molecule has 0 amide bonds. The Morgan fingerprint density at radius 2 is 1.93 bits per heavy atom. The van der Waals surface area contributed by atoms with Crippen molar-refractivity contribution >= 4 is 0 Å². The van der Waals surface area contributed by atoms with Gasteiger partial charge >= 0.3 is 0 Å². The molecule has 1 unspecified atom stereocenters. The lowest BCUT2D eigenvalue weighted by Gasteiger charge is -2.13. The Hall–Kier alpha value is -1.18. The van der Waals surface area contributed by atoms with E-state index in [1.807, 2.05) is 12.1 Å². The van der Waals surface area contributed by atoms with Gasteiger partial charge in [0.05, 0.1) is 14.2 Å². The van der Waals surface area contributed by atoms with Crippen molar-refractivity contribution in [1.82, 2.24) is 0 Å². The maximum atomic E-state index is 5.35. The summed E-state index contributed by atoms with van der Waals surface area (Å²) in [5, 5.41) is 0. The molecular formula is C13H20O2. The summed E-state index contributed by atoms with van der Waals surface area (Å²) in [6, 6.07) is 6.02. The summed E-state index contributed by atoms with van der Waals surface area (Å²) in [5.74, 6) is 2.46. The van der Waals surface area contributed by atoms with Gasteiger partial charge in [-0.05, 0) is 24.0 Å². The molecule has 0 aliphatic rings. The number of rotatable bonds is 5. The normalized spacial score (nSPS) is 12.3. The van der Waals surface area contributed by atoms with Crippen LogP contribution in [-0.4, -0.2) is 14.2 Å². The highest BCUT2D eigenvalue weighted by Crippen LogP contribution is 2.27. The minimum absolute atomic E-state index is 0.687. The van der Waals surface area contributed by atoms with Gasteiger partial charge in [-0.2, -0.15) is 0 Å². The van der Waals surface area contributed by atoms with Crippen LogP contribution in [0, 0.1) is 5.92 Å². The smallest absolute Gasteiger partial charge is 0.125 e. The number of benzene rings is 1. The molecule has 0 radical (unpaired) electrons. The van der Waals surface area contributed by atoms with Crippen LogP contribution in [0.2, 0.25) is 0 Å². The summed E-state index contributed by atoms with van der Waals surface area (Å²) >= 11 is 0. The third-order valence-electron chi connectivity index (χ3n) is 2.76. The van der Waals surface area contributed by atoms with Crippen LogP contribution < -0.4 is 9.47 Å². The first-order valence-corrected chi connectivity index (χ1v) is 5.42. The minimum Gasteiger partial charge on any atom is -0.497 e. The Kier molecular flexibility index (Phi) is 4.47. The van der Waals surface area contributed by atoms with Gasteiger partial charge in [0.25, 0.3) is 0 Å². The van der Waals surface area contributed by atoms with Gasteiger partial charge in [0.15, 0.2) is 0 Å². The standard InChI is InChI=1S/C13H20O2/c1-5-10(2)8-11-6-7-12(14-3)9-13(11)15-4/h6-7,9-10H,5,8H2,1-4H3. The van der Waals surface area contributed by atoms with Gasteiger partial charge in [-0.1, -0.05) is 26.3 Å². The van der Waals surface area contributed by atoms with Crippen molar-refractivity contribution < 1.29 is 9.47 Å². The molecule has 0 saturated carbocycles. The van der Waals surface area contributed by atoms with E-state index in [1.165, 1.54) is 12.0 Å². The lowest BCUT2D eigenvalue weighted by molar-refractivity contribution is 0.388. The highest BCUT2D eigenvalue weighted by molar-refractivity contribution is 5.40. The van der Waals surface area contributed by atoms with Crippen molar-refractivity contribution in [3.8, 4) is 11.5 Å². The monoisotopic (exact) mass is 208 g/mol. The van der Waals surface area contributed by atoms with Crippen LogP contribution in [0.4, 0.5) is 0 Å². The number of hydrogen-bond donors (Lipinski definition) is 0. The predicted molar refractivity (Wildman–Crippen MR) is 62.7 cm³/mol. The lowest BCUT2D eigenvalue weighted by atomic mass is 9.98. The fourth-order valence-electron chi connectivity index (χ4n) is 1.54. The molecule has 0 aliphatic heterocycles. The molecule has 0 spiro atoms. The lowest BCUT2D eigenvalue weighted by Crippen LogP contribution is -2.00. The van der Waals surface area contributed by atoms with Gasteiger partial charge < -0.3 is 9.47 Å². The first-order valence-electron chi connectivity index (χ1n) is 5.42. The van der Waals surface area contributed by atoms with Gasteiger partial charge in [0, 0.05) is 6.07 Å². The van der Waals surface area contributed by atoms with Crippen LogP contribution in [0.1, 0.15) is 25.8 Å². The molecule has 0 saturated heterocycles. The Morgan fingerprint density at radius 1 is 1.20 bits per heavy atom. The second-order valence-electron chi connectivity index (χ2n) is 3.90. The molecule has 84 valence electrons. The Bertz CT molecular complexity index is 307. The van der Waals surface area contributed by atoms with E-state index in [0.717, 1.165) is 17.9 Å². The fourth-order valence-corrected chi connectivity index (χ4v) is 1.54. The highest BCUT2D eigenvalue weighted by Gasteiger charge is 2.08. The Labute approximate surface area is 92.2 Å². The Morgan fingerprint density at radius 3 is 2.47 bits per heavy atom. The van der Waals surface area contributed by atoms with E-state index >= 15 is 0 Å². The zero-order chi connectivity index (χ0) is 11.3. The molecule has 0 bridgehead atoms. The topological polar surface area (TPSA) is 18.5 Å². The summed E-state index contributed by atoms with van der Waals surface area (Å²) in [6.07, 6.45) is 2.25. The average molecular weight is 208 g/mol. The maximum Gasteiger partial charge on any atom is 0.125 e. The van der Waals surface area contributed by atoms with E-state index in [-0.39, 0.29) is 0 Å². The van der Waals surface area contributed by atoms with E-state index in [4.69, 9.17) is 9.47 Å². The van der Waals surface area contributed by atoms with Gasteiger partial charge in [0.2, 0.25) is 0 Å². The average Bonchev–Trinajstić information content (AvgIpc) is 2.29. The molecule has 0 heterocycles. The number of methoxy groups -OCH3 is 2. The van der Waals surface area contributed by atoms with E-state index in [1.54, 1.807) is 14.2 Å². The second kappa shape index (κ2) is 5.64. The summed E-state index contributed by atoms with van der Waals surface area (Å²) in [7, 11) is 3.37. The van der Waals surface area contributed by atoms with E-state index in [9.17, 15) is 0 Å². The van der Waals surface area contributed by atoms with Crippen molar-refractivity contribution in [2.24, 2.45) is 5.92 Å². The maximum absolute atomic E-state index is 5.35. The molecule has 15 heavy (non-hydrogen) atoms. The summed E-state index contributed by atoms with van der Waals surface area (Å²) in [5.41, 5.74) is 1.26. The summed E-state index contributed by atoms with van der Waals surface area (Å²) in [6.45, 7) is 4.46. The molecule has 1 atom stereocenters. The van der Waals surface area contributed by atoms with Crippen molar-refractivity contribution in [2.75, 3.05) is 14.2 Å². The first kappa shape index (κ1) is 11.9. The molecule has 1 aromatic rings. The molecule has 2 heteroatoms. The molecule has 0 aromatic heterocycles. The van der Waals surface area contributed by atoms with Crippen molar-refractivity contribution in [3.05, 3.63) is 23.8 Å². The molecule has 0 aliphatic carbocycles. The van der Waals surface area contributed by atoms with Crippen LogP contribution >= 0.6 is 0 Å². The molecule has 2 nitrogen and oxygen atoms in total. The number of hydrogen-bond acceptors (Lipinski definition) is 2. The van der Waals surface area contributed by atoms with Gasteiger partial charge in [0.1, 0.15) is 11.5 Å². The summed E-state index contributed by atoms with van der Waals surface area (Å²) in [4.78, 5) is 0.